The minimum atomic E-state index is -0.302. The van der Waals surface area contributed by atoms with Crippen LogP contribution in [0.2, 0.25) is 0 Å². The average molecular weight is 395 g/mol. The van der Waals surface area contributed by atoms with E-state index in [1.807, 2.05) is 6.07 Å². The van der Waals surface area contributed by atoms with Crippen LogP contribution in [-0.2, 0) is 0 Å². The van der Waals surface area contributed by atoms with Gasteiger partial charge in [0.1, 0.15) is 0 Å². The first-order valence-corrected chi connectivity index (χ1v) is 8.76. The summed E-state index contributed by atoms with van der Waals surface area (Å²) in [5.74, 6) is -0.595. The molecule has 1 atom stereocenters. The van der Waals surface area contributed by atoms with Gasteiger partial charge in [0.05, 0.1) is 0 Å². The van der Waals surface area contributed by atoms with Gasteiger partial charge in [-0.3, -0.25) is 0 Å². The summed E-state index contributed by atoms with van der Waals surface area (Å²) in [4.78, 5) is 13.2. The van der Waals surface area contributed by atoms with Crippen LogP contribution in [0, 0.1) is 11.6 Å². The molecule has 0 bridgehead atoms. The van der Waals surface area contributed by atoms with Gasteiger partial charge < -0.3 is 0 Å². The Kier molecular flexibility index (Phi) is 4.02. The standard InChI is InChI=1S/C19H12AsF2N3/c20-18-17-15(11-1-5-13(21)6-2-11)9-16(25-19(17)24-10-23-18)12-3-7-14(22)8-4-12/h1-10H,20H2. The van der Waals surface area contributed by atoms with Crippen molar-refractivity contribution in [1.82, 2.24) is 15.0 Å². The van der Waals surface area contributed by atoms with Crippen LogP contribution in [0.15, 0.2) is 60.9 Å². The third-order valence-electron chi connectivity index (χ3n) is 3.93. The van der Waals surface area contributed by atoms with Crippen LogP contribution in [0.4, 0.5) is 8.78 Å². The van der Waals surface area contributed by atoms with Gasteiger partial charge in [-0.05, 0) is 0 Å². The van der Waals surface area contributed by atoms with Crippen molar-refractivity contribution in [3.8, 4) is 22.4 Å². The van der Waals surface area contributed by atoms with Crippen molar-refractivity contribution in [3.05, 3.63) is 72.6 Å². The maximum absolute atomic E-state index is 13.3. The third-order valence-corrected chi connectivity index (χ3v) is 4.85. The number of aromatic nitrogens is 3. The van der Waals surface area contributed by atoms with E-state index in [9.17, 15) is 8.78 Å². The SMILES string of the molecule is Fc1ccc(-c2cc(-c3ccc(F)cc3)c3c([AsH2])ncnc3n2)cc1. The van der Waals surface area contributed by atoms with Crippen molar-refractivity contribution in [2.45, 2.75) is 0 Å². The molecule has 0 fully saturated rings. The van der Waals surface area contributed by atoms with Gasteiger partial charge in [-0.25, -0.2) is 0 Å². The fourth-order valence-corrected chi connectivity index (χ4v) is 3.45. The number of rotatable bonds is 2. The molecule has 0 amide bonds. The molecule has 0 N–H and O–H groups in total. The Morgan fingerprint density at radius 3 is 2.00 bits per heavy atom. The van der Waals surface area contributed by atoms with Crippen LogP contribution in [0.25, 0.3) is 33.4 Å². The summed E-state index contributed by atoms with van der Waals surface area (Å²) in [6.07, 6.45) is 1.48. The molecule has 25 heavy (non-hydrogen) atoms. The number of hydrogen-bond acceptors (Lipinski definition) is 3. The molecule has 0 aliphatic carbocycles. The Labute approximate surface area is 151 Å². The number of hydrogen-bond donors (Lipinski definition) is 0. The molecule has 4 aromatic rings. The molecule has 0 saturated heterocycles. The van der Waals surface area contributed by atoms with Gasteiger partial charge in [0, 0.05) is 0 Å². The molecule has 0 aliphatic heterocycles. The third kappa shape index (κ3) is 3.03. The molecule has 122 valence electrons. The van der Waals surface area contributed by atoms with Crippen LogP contribution >= 0.6 is 0 Å². The van der Waals surface area contributed by atoms with E-state index < -0.39 is 0 Å². The average Bonchev–Trinajstić information content (AvgIpc) is 2.62. The summed E-state index contributed by atoms with van der Waals surface area (Å²) in [6, 6.07) is 14.3. The van der Waals surface area contributed by atoms with Gasteiger partial charge in [-0.2, -0.15) is 0 Å². The predicted octanol–water partition coefficient (Wildman–Crippen LogP) is 2.90. The molecular formula is C19H12AsF2N3. The fraction of sp³-hybridized carbons (Fsp3) is 0. The Balaban J connectivity index is 2.01. The summed E-state index contributed by atoms with van der Waals surface area (Å²) in [5.41, 5.74) is 3.76. The zero-order chi connectivity index (χ0) is 17.4. The molecule has 6 heteroatoms. The first-order chi connectivity index (χ1) is 12.1. The molecular weight excluding hydrogens is 383 g/mol. The van der Waals surface area contributed by atoms with Crippen LogP contribution < -0.4 is 4.48 Å². The second kappa shape index (κ2) is 6.34. The molecule has 4 rings (SSSR count). The van der Waals surface area contributed by atoms with Gasteiger partial charge in [0.25, 0.3) is 0 Å². The molecule has 0 radical (unpaired) electrons. The second-order valence-electron chi connectivity index (χ2n) is 5.53. The molecule has 1 unspecified atom stereocenters. The van der Waals surface area contributed by atoms with E-state index in [4.69, 9.17) is 0 Å². The van der Waals surface area contributed by atoms with Crippen molar-refractivity contribution in [1.29, 1.82) is 0 Å². The summed E-state index contributed by atoms with van der Waals surface area (Å²) in [5, 5.41) is 0.847. The molecule has 0 saturated carbocycles. The Bertz CT molecular complexity index is 1060. The van der Waals surface area contributed by atoms with Crippen molar-refractivity contribution >= 4 is 32.4 Å². The van der Waals surface area contributed by atoms with Crippen molar-refractivity contribution in [2.75, 3.05) is 0 Å². The molecule has 0 aliphatic rings. The normalized spacial score (nSPS) is 11.0. The number of benzene rings is 2. The summed E-state index contributed by atoms with van der Waals surface area (Å²) < 4.78 is 27.4. The van der Waals surface area contributed by atoms with Gasteiger partial charge >= 0.3 is 151 Å². The van der Waals surface area contributed by atoms with Gasteiger partial charge in [-0.1, -0.05) is 0 Å². The molecule has 2 aromatic heterocycles. The maximum atomic E-state index is 13.3. The van der Waals surface area contributed by atoms with Crippen LogP contribution in [-0.4, -0.2) is 31.8 Å². The van der Waals surface area contributed by atoms with Gasteiger partial charge in [0.15, 0.2) is 0 Å². The summed E-state index contributed by atoms with van der Waals surface area (Å²) in [6.45, 7) is 0. The molecule has 2 aromatic carbocycles. The first kappa shape index (κ1) is 15.9. The van der Waals surface area contributed by atoms with Crippen molar-refractivity contribution in [3.63, 3.8) is 0 Å². The number of halogens is 2. The van der Waals surface area contributed by atoms with Crippen molar-refractivity contribution < 1.29 is 8.78 Å². The molecule has 0 spiro atoms. The quantitative estimate of drug-likeness (QED) is 0.490. The van der Waals surface area contributed by atoms with E-state index in [2.05, 4.69) is 15.0 Å². The first-order valence-electron chi connectivity index (χ1n) is 7.55. The van der Waals surface area contributed by atoms with E-state index in [0.29, 0.717) is 11.3 Å². The van der Waals surface area contributed by atoms with Crippen LogP contribution in [0.5, 0.6) is 0 Å². The van der Waals surface area contributed by atoms with E-state index in [0.717, 1.165) is 26.6 Å². The minimum absolute atomic E-state index is 0.293. The number of nitrogens with zero attached hydrogens (tertiary/aromatic N) is 3. The second-order valence-corrected chi connectivity index (χ2v) is 6.67. The fourth-order valence-electron chi connectivity index (χ4n) is 2.71. The number of fused-ring (bicyclic) bond motifs is 1. The van der Waals surface area contributed by atoms with Crippen molar-refractivity contribution in [2.24, 2.45) is 0 Å². The Morgan fingerprint density at radius 1 is 0.760 bits per heavy atom. The summed E-state index contributed by atoms with van der Waals surface area (Å²) in [7, 11) is 0. The molecule has 3 nitrogen and oxygen atoms in total. The Hall–Kier alpha value is -2.65. The van der Waals surface area contributed by atoms with Gasteiger partial charge in [0.2, 0.25) is 0 Å². The number of pyridine rings is 1. The van der Waals surface area contributed by atoms with E-state index in [1.165, 1.54) is 47.4 Å². The van der Waals surface area contributed by atoms with E-state index in [-0.39, 0.29) is 11.6 Å². The van der Waals surface area contributed by atoms with E-state index >= 15 is 0 Å². The van der Waals surface area contributed by atoms with Gasteiger partial charge in [-0.15, -0.1) is 0 Å². The topological polar surface area (TPSA) is 38.7 Å². The predicted molar refractivity (Wildman–Crippen MR) is 96.3 cm³/mol. The Morgan fingerprint density at radius 2 is 1.36 bits per heavy atom. The zero-order valence-electron chi connectivity index (χ0n) is 12.9. The summed E-state index contributed by atoms with van der Waals surface area (Å²) >= 11 is 1.37. The monoisotopic (exact) mass is 395 g/mol. The van der Waals surface area contributed by atoms with Crippen LogP contribution in [0.3, 0.4) is 0 Å². The zero-order valence-corrected chi connectivity index (χ0v) is 15.4. The molecule has 2 heterocycles. The van der Waals surface area contributed by atoms with E-state index in [1.54, 1.807) is 24.3 Å². The van der Waals surface area contributed by atoms with Crippen LogP contribution in [0.1, 0.15) is 0 Å².